The molecular formula is C18H19N3O2. The van der Waals surface area contributed by atoms with E-state index in [0.717, 1.165) is 23.3 Å². The second-order valence-electron chi connectivity index (χ2n) is 7.17. The summed E-state index contributed by atoms with van der Waals surface area (Å²) in [7, 11) is 0. The van der Waals surface area contributed by atoms with Gasteiger partial charge in [-0.25, -0.2) is 0 Å². The van der Waals surface area contributed by atoms with E-state index in [-0.39, 0.29) is 22.7 Å². The SMILES string of the molecule is CC1(C)CC(=O)C2=C(C1)Nc1[nH][nH]c(=O)c1C2c1ccccc1. The molecule has 0 radical (unpaired) electrons. The number of fused-ring (bicyclic) bond motifs is 1. The molecule has 2 heterocycles. The van der Waals surface area contributed by atoms with Gasteiger partial charge in [0.2, 0.25) is 0 Å². The smallest absolute Gasteiger partial charge is 0.270 e. The van der Waals surface area contributed by atoms with E-state index < -0.39 is 0 Å². The van der Waals surface area contributed by atoms with Gasteiger partial charge in [0.05, 0.1) is 5.56 Å². The van der Waals surface area contributed by atoms with E-state index in [4.69, 9.17) is 0 Å². The monoisotopic (exact) mass is 309 g/mol. The minimum atomic E-state index is -0.305. The summed E-state index contributed by atoms with van der Waals surface area (Å²) in [4.78, 5) is 25.1. The number of rotatable bonds is 1. The Morgan fingerprint density at radius 3 is 2.52 bits per heavy atom. The van der Waals surface area contributed by atoms with Crippen LogP contribution in [0.15, 0.2) is 46.4 Å². The number of aromatic amines is 2. The third-order valence-electron chi connectivity index (χ3n) is 4.72. The zero-order chi connectivity index (χ0) is 16.2. The number of hydrogen-bond donors (Lipinski definition) is 3. The molecule has 1 unspecified atom stereocenters. The van der Waals surface area contributed by atoms with E-state index in [1.54, 1.807) is 0 Å². The summed E-state index contributed by atoms with van der Waals surface area (Å²) in [6, 6.07) is 9.77. The van der Waals surface area contributed by atoms with Crippen LogP contribution >= 0.6 is 0 Å². The van der Waals surface area contributed by atoms with Gasteiger partial charge in [0.15, 0.2) is 5.78 Å². The molecule has 2 aromatic rings. The van der Waals surface area contributed by atoms with Crippen molar-refractivity contribution in [1.29, 1.82) is 0 Å². The molecule has 0 bridgehead atoms. The molecule has 5 heteroatoms. The van der Waals surface area contributed by atoms with Gasteiger partial charge in [0, 0.05) is 23.6 Å². The summed E-state index contributed by atoms with van der Waals surface area (Å²) in [5.41, 5.74) is 3.00. The number of aromatic nitrogens is 2. The van der Waals surface area contributed by atoms with E-state index in [0.29, 0.717) is 17.8 Å². The van der Waals surface area contributed by atoms with Crippen molar-refractivity contribution in [2.75, 3.05) is 5.32 Å². The largest absolute Gasteiger partial charge is 0.343 e. The minimum absolute atomic E-state index is 0.0712. The molecule has 0 fully saturated rings. The molecule has 23 heavy (non-hydrogen) atoms. The third kappa shape index (κ3) is 2.15. The van der Waals surface area contributed by atoms with Crippen LogP contribution in [0.25, 0.3) is 0 Å². The van der Waals surface area contributed by atoms with Gasteiger partial charge in [-0.1, -0.05) is 44.2 Å². The molecule has 0 amide bonds. The molecule has 1 atom stereocenters. The lowest BCUT2D eigenvalue weighted by molar-refractivity contribution is -0.118. The zero-order valence-corrected chi connectivity index (χ0v) is 13.2. The molecule has 1 aliphatic heterocycles. The van der Waals surface area contributed by atoms with Crippen LogP contribution < -0.4 is 10.9 Å². The van der Waals surface area contributed by atoms with Crippen LogP contribution in [0.1, 0.15) is 43.7 Å². The van der Waals surface area contributed by atoms with Gasteiger partial charge >= 0.3 is 0 Å². The number of ketones is 1. The Balaban J connectivity index is 1.96. The Morgan fingerprint density at radius 1 is 1.04 bits per heavy atom. The van der Waals surface area contributed by atoms with Crippen LogP contribution in [0, 0.1) is 5.41 Å². The van der Waals surface area contributed by atoms with E-state index in [2.05, 4.69) is 29.4 Å². The van der Waals surface area contributed by atoms with Crippen LogP contribution in [0.4, 0.5) is 5.82 Å². The molecule has 0 saturated heterocycles. The van der Waals surface area contributed by atoms with E-state index in [9.17, 15) is 9.59 Å². The molecule has 1 aliphatic carbocycles. The number of anilines is 1. The predicted octanol–water partition coefficient (Wildman–Crippen LogP) is 2.90. The summed E-state index contributed by atoms with van der Waals surface area (Å²) < 4.78 is 0. The number of carbonyl (C=O) groups excluding carboxylic acids is 1. The van der Waals surface area contributed by atoms with Gasteiger partial charge in [-0.05, 0) is 17.4 Å². The predicted molar refractivity (Wildman–Crippen MR) is 88.4 cm³/mol. The fourth-order valence-electron chi connectivity index (χ4n) is 3.80. The van der Waals surface area contributed by atoms with Crippen molar-refractivity contribution in [1.82, 2.24) is 10.2 Å². The molecule has 1 aromatic heterocycles. The van der Waals surface area contributed by atoms with Crippen molar-refractivity contribution in [2.24, 2.45) is 5.41 Å². The topological polar surface area (TPSA) is 77.8 Å². The van der Waals surface area contributed by atoms with Crippen LogP contribution in [0.5, 0.6) is 0 Å². The minimum Gasteiger partial charge on any atom is -0.343 e. The Hall–Kier alpha value is -2.56. The fourth-order valence-corrected chi connectivity index (χ4v) is 3.80. The highest BCUT2D eigenvalue weighted by atomic mass is 16.1. The van der Waals surface area contributed by atoms with Gasteiger partial charge in [-0.3, -0.25) is 19.8 Å². The Morgan fingerprint density at radius 2 is 1.78 bits per heavy atom. The highest BCUT2D eigenvalue weighted by Gasteiger charge is 2.42. The molecule has 5 nitrogen and oxygen atoms in total. The number of nitrogens with one attached hydrogen (secondary N) is 3. The van der Waals surface area contributed by atoms with Crippen LogP contribution in [0.3, 0.4) is 0 Å². The van der Waals surface area contributed by atoms with Crippen molar-refractivity contribution in [2.45, 2.75) is 32.6 Å². The second-order valence-corrected chi connectivity index (χ2v) is 7.17. The number of benzene rings is 1. The van der Waals surface area contributed by atoms with Gasteiger partial charge in [0.1, 0.15) is 5.82 Å². The van der Waals surface area contributed by atoms with E-state index in [1.165, 1.54) is 0 Å². The van der Waals surface area contributed by atoms with Gasteiger partial charge in [0.25, 0.3) is 5.56 Å². The first kappa shape index (κ1) is 14.1. The van der Waals surface area contributed by atoms with Crippen molar-refractivity contribution in [3.05, 3.63) is 63.1 Å². The summed E-state index contributed by atoms with van der Waals surface area (Å²) in [6.07, 6.45) is 1.30. The van der Waals surface area contributed by atoms with Gasteiger partial charge in [-0.2, -0.15) is 0 Å². The fraction of sp³-hybridized carbons (Fsp3) is 0.333. The Labute approximate surface area is 133 Å². The highest BCUT2D eigenvalue weighted by Crippen LogP contribution is 2.47. The average molecular weight is 309 g/mol. The molecule has 3 N–H and O–H groups in total. The van der Waals surface area contributed by atoms with Crippen LogP contribution in [-0.4, -0.2) is 16.0 Å². The maximum atomic E-state index is 12.9. The van der Waals surface area contributed by atoms with Crippen molar-refractivity contribution in [3.8, 4) is 0 Å². The first-order valence-electron chi connectivity index (χ1n) is 7.85. The van der Waals surface area contributed by atoms with Crippen molar-refractivity contribution < 1.29 is 4.79 Å². The quantitative estimate of drug-likeness (QED) is 0.758. The normalized spacial score (nSPS) is 22.3. The van der Waals surface area contributed by atoms with Crippen molar-refractivity contribution in [3.63, 3.8) is 0 Å². The number of allylic oxidation sites excluding steroid dienone is 2. The summed E-state index contributed by atoms with van der Waals surface area (Å²) in [5, 5.41) is 8.83. The van der Waals surface area contributed by atoms with Crippen molar-refractivity contribution >= 4 is 11.6 Å². The molecule has 4 rings (SSSR count). The maximum absolute atomic E-state index is 12.9. The first-order valence-corrected chi connectivity index (χ1v) is 7.85. The Kier molecular flexibility index (Phi) is 2.88. The molecule has 0 spiro atoms. The summed E-state index contributed by atoms with van der Waals surface area (Å²) in [5.74, 6) is 0.498. The van der Waals surface area contributed by atoms with Crippen LogP contribution in [-0.2, 0) is 4.79 Å². The summed E-state index contributed by atoms with van der Waals surface area (Å²) in [6.45, 7) is 4.20. The number of carbonyl (C=O) groups is 1. The lowest BCUT2D eigenvalue weighted by atomic mass is 9.69. The summed E-state index contributed by atoms with van der Waals surface area (Å²) >= 11 is 0. The highest BCUT2D eigenvalue weighted by molar-refractivity contribution is 6.01. The molecule has 1 aromatic carbocycles. The Bertz CT molecular complexity index is 871. The molecular weight excluding hydrogens is 290 g/mol. The number of H-pyrrole nitrogens is 2. The van der Waals surface area contributed by atoms with E-state index in [1.807, 2.05) is 30.3 Å². The lowest BCUT2D eigenvalue weighted by Crippen LogP contribution is -2.34. The molecule has 0 saturated carbocycles. The van der Waals surface area contributed by atoms with Crippen LogP contribution in [0.2, 0.25) is 0 Å². The molecule has 2 aliphatic rings. The third-order valence-corrected chi connectivity index (χ3v) is 4.72. The lowest BCUT2D eigenvalue weighted by Gasteiger charge is -2.37. The zero-order valence-electron chi connectivity index (χ0n) is 13.2. The first-order chi connectivity index (χ1) is 11.0. The van der Waals surface area contributed by atoms with Gasteiger partial charge in [-0.15, -0.1) is 0 Å². The standard InChI is InChI=1S/C18H19N3O2/c1-18(2)8-11-14(12(22)9-18)13(10-6-4-3-5-7-10)15-16(19-11)20-21-17(15)23/h3-7,13H,8-9H2,1-2H3,(H3,19,20,21,23). The maximum Gasteiger partial charge on any atom is 0.270 e. The van der Waals surface area contributed by atoms with E-state index >= 15 is 0 Å². The van der Waals surface area contributed by atoms with Gasteiger partial charge < -0.3 is 5.32 Å². The number of hydrogen-bond acceptors (Lipinski definition) is 3. The number of Topliss-reactive ketones (excluding diaryl/α,β-unsaturated/α-hetero) is 1. The second kappa shape index (κ2) is 4.72. The average Bonchev–Trinajstić information content (AvgIpc) is 2.86. The molecule has 118 valence electrons.